The molecule has 1 heterocycles. The third-order valence-corrected chi connectivity index (χ3v) is 3.59. The third-order valence-electron chi connectivity index (χ3n) is 3.23. The highest BCUT2D eigenvalue weighted by atomic mass is 35.5. The summed E-state index contributed by atoms with van der Waals surface area (Å²) < 4.78 is 5.09. The molecule has 0 aliphatic carbocycles. The Labute approximate surface area is 101 Å². The summed E-state index contributed by atoms with van der Waals surface area (Å²) in [6.45, 7) is 4.90. The van der Waals surface area contributed by atoms with Gasteiger partial charge in [-0.25, -0.2) is 0 Å². The van der Waals surface area contributed by atoms with Crippen LogP contribution in [0, 0.1) is 5.92 Å². The lowest BCUT2D eigenvalue weighted by Crippen LogP contribution is -2.54. The highest BCUT2D eigenvalue weighted by Gasteiger charge is 2.48. The van der Waals surface area contributed by atoms with E-state index in [-0.39, 0.29) is 17.8 Å². The fourth-order valence-corrected chi connectivity index (χ4v) is 2.36. The van der Waals surface area contributed by atoms with Crippen LogP contribution < -0.4 is 5.32 Å². The van der Waals surface area contributed by atoms with Gasteiger partial charge in [0.2, 0.25) is 0 Å². The van der Waals surface area contributed by atoms with E-state index in [1.54, 1.807) is 6.92 Å². The average molecular weight is 250 g/mol. The maximum absolute atomic E-state index is 12.0. The summed E-state index contributed by atoms with van der Waals surface area (Å²) in [6, 6.07) is 0. The maximum atomic E-state index is 12.0. The fraction of sp³-hybridized carbons (Fsp3) is 0.909. The van der Waals surface area contributed by atoms with E-state index in [0.29, 0.717) is 13.0 Å². The highest BCUT2D eigenvalue weighted by Crippen LogP contribution is 2.32. The number of esters is 1. The number of aliphatic hydroxyl groups excluding tert-OH is 1. The summed E-state index contributed by atoms with van der Waals surface area (Å²) in [6.07, 6.45) is 0.545. The molecule has 0 bridgehead atoms. The number of halogens is 1. The van der Waals surface area contributed by atoms with Crippen molar-refractivity contribution in [1.29, 1.82) is 0 Å². The quantitative estimate of drug-likeness (QED) is 0.562. The van der Waals surface area contributed by atoms with Crippen molar-refractivity contribution in [2.24, 2.45) is 5.92 Å². The fourth-order valence-electron chi connectivity index (χ4n) is 2.25. The van der Waals surface area contributed by atoms with Gasteiger partial charge in [0, 0.05) is 12.3 Å². The molecule has 0 aromatic rings. The van der Waals surface area contributed by atoms with Gasteiger partial charge in [-0.1, -0.05) is 6.92 Å². The van der Waals surface area contributed by atoms with Crippen LogP contribution >= 0.6 is 11.6 Å². The van der Waals surface area contributed by atoms with Crippen LogP contribution in [0.1, 0.15) is 26.7 Å². The molecular weight excluding hydrogens is 230 g/mol. The molecule has 4 nitrogen and oxygen atoms in total. The number of hydrogen-bond acceptors (Lipinski definition) is 4. The van der Waals surface area contributed by atoms with E-state index >= 15 is 0 Å². The molecule has 0 radical (unpaired) electrons. The van der Waals surface area contributed by atoms with Crippen molar-refractivity contribution < 1.29 is 14.6 Å². The minimum atomic E-state index is -0.760. The summed E-state index contributed by atoms with van der Waals surface area (Å²) in [7, 11) is 0. The van der Waals surface area contributed by atoms with Crippen molar-refractivity contribution in [1.82, 2.24) is 5.32 Å². The van der Waals surface area contributed by atoms with Crippen LogP contribution in [-0.4, -0.2) is 41.8 Å². The molecule has 1 aliphatic heterocycles. The van der Waals surface area contributed by atoms with Gasteiger partial charge in [0.15, 0.2) is 0 Å². The van der Waals surface area contributed by atoms with Crippen molar-refractivity contribution in [2.75, 3.05) is 19.0 Å². The van der Waals surface area contributed by atoms with E-state index in [0.717, 1.165) is 13.0 Å². The van der Waals surface area contributed by atoms with Gasteiger partial charge in [0.05, 0.1) is 12.7 Å². The topological polar surface area (TPSA) is 58.6 Å². The van der Waals surface area contributed by atoms with Crippen LogP contribution in [0.3, 0.4) is 0 Å². The number of aliphatic hydroxyl groups is 1. The zero-order chi connectivity index (χ0) is 12.2. The van der Waals surface area contributed by atoms with Crippen LogP contribution in [0.15, 0.2) is 0 Å². The molecule has 0 aromatic heterocycles. The molecule has 0 aromatic carbocycles. The summed E-state index contributed by atoms with van der Waals surface area (Å²) in [5.41, 5.74) is -0.760. The molecule has 3 atom stereocenters. The number of hydrogen-bond donors (Lipinski definition) is 2. The average Bonchev–Trinajstić information content (AvgIpc) is 2.61. The van der Waals surface area contributed by atoms with Crippen LogP contribution in [-0.2, 0) is 9.53 Å². The highest BCUT2D eigenvalue weighted by molar-refractivity contribution is 6.18. The summed E-state index contributed by atoms with van der Waals surface area (Å²) >= 11 is 5.59. The number of carbonyl (C=O) groups excluding carboxylic acids is 1. The van der Waals surface area contributed by atoms with E-state index in [1.807, 2.05) is 6.92 Å². The van der Waals surface area contributed by atoms with Crippen LogP contribution in [0.5, 0.6) is 0 Å². The Hall–Kier alpha value is -0.320. The standard InChI is InChI=1S/C11H20ClNO3/c1-3-16-10(15)11(6-9(14)7-12)8(2)4-5-13-11/h8-9,13-14H,3-7H2,1-2H3. The lowest BCUT2D eigenvalue weighted by atomic mass is 9.82. The van der Waals surface area contributed by atoms with E-state index in [1.165, 1.54) is 0 Å². The summed E-state index contributed by atoms with van der Waals surface area (Å²) in [4.78, 5) is 12.0. The van der Waals surface area contributed by atoms with Crippen molar-refractivity contribution in [3.8, 4) is 0 Å². The Morgan fingerprint density at radius 2 is 2.44 bits per heavy atom. The predicted octanol–water partition coefficient (Wildman–Crippen LogP) is 0.907. The maximum Gasteiger partial charge on any atom is 0.326 e. The first-order valence-corrected chi connectivity index (χ1v) is 6.26. The minimum Gasteiger partial charge on any atom is -0.465 e. The third kappa shape index (κ3) is 2.67. The largest absolute Gasteiger partial charge is 0.465 e. The van der Waals surface area contributed by atoms with Gasteiger partial charge in [-0.15, -0.1) is 11.6 Å². The second-order valence-electron chi connectivity index (χ2n) is 4.32. The van der Waals surface area contributed by atoms with Gasteiger partial charge in [-0.05, 0) is 25.8 Å². The van der Waals surface area contributed by atoms with Crippen LogP contribution in [0.2, 0.25) is 0 Å². The number of ether oxygens (including phenoxy) is 1. The Bertz CT molecular complexity index is 249. The minimum absolute atomic E-state index is 0.134. The molecule has 16 heavy (non-hydrogen) atoms. The molecule has 1 saturated heterocycles. The normalized spacial score (nSPS) is 31.4. The molecule has 0 saturated carbocycles. The zero-order valence-electron chi connectivity index (χ0n) is 9.83. The first-order valence-electron chi connectivity index (χ1n) is 5.73. The lowest BCUT2D eigenvalue weighted by Gasteiger charge is -2.32. The second-order valence-corrected chi connectivity index (χ2v) is 4.63. The number of carbonyl (C=O) groups is 1. The Morgan fingerprint density at radius 3 is 2.88 bits per heavy atom. The Kier molecular flexibility index (Phi) is 5.02. The van der Waals surface area contributed by atoms with E-state index in [4.69, 9.17) is 16.3 Å². The van der Waals surface area contributed by atoms with Crippen LogP contribution in [0.4, 0.5) is 0 Å². The molecule has 2 N–H and O–H groups in total. The smallest absolute Gasteiger partial charge is 0.326 e. The van der Waals surface area contributed by atoms with Gasteiger partial charge < -0.3 is 15.2 Å². The predicted molar refractivity (Wildman–Crippen MR) is 62.5 cm³/mol. The molecule has 94 valence electrons. The lowest BCUT2D eigenvalue weighted by molar-refractivity contribution is -0.153. The van der Waals surface area contributed by atoms with Crippen molar-refractivity contribution in [3.05, 3.63) is 0 Å². The van der Waals surface area contributed by atoms with Gasteiger partial charge in [-0.3, -0.25) is 4.79 Å². The van der Waals surface area contributed by atoms with Gasteiger partial charge in [-0.2, -0.15) is 0 Å². The first kappa shape index (κ1) is 13.7. The van der Waals surface area contributed by atoms with Crippen molar-refractivity contribution >= 4 is 17.6 Å². The molecule has 1 fully saturated rings. The SMILES string of the molecule is CCOC(=O)C1(CC(O)CCl)NCCC1C. The zero-order valence-corrected chi connectivity index (χ0v) is 10.6. The molecular formula is C11H20ClNO3. The number of rotatable bonds is 5. The molecule has 0 spiro atoms. The summed E-state index contributed by atoms with van der Waals surface area (Å²) in [5, 5.41) is 12.8. The number of alkyl halides is 1. The van der Waals surface area contributed by atoms with Crippen LogP contribution in [0.25, 0.3) is 0 Å². The molecule has 1 aliphatic rings. The van der Waals surface area contributed by atoms with Crippen molar-refractivity contribution in [2.45, 2.75) is 38.3 Å². The van der Waals surface area contributed by atoms with E-state index < -0.39 is 11.6 Å². The monoisotopic (exact) mass is 249 g/mol. The van der Waals surface area contributed by atoms with E-state index in [2.05, 4.69) is 5.32 Å². The summed E-state index contributed by atoms with van der Waals surface area (Å²) in [5.74, 6) is 0.0174. The molecule has 1 rings (SSSR count). The van der Waals surface area contributed by atoms with E-state index in [9.17, 15) is 9.90 Å². The molecule has 3 unspecified atom stereocenters. The number of nitrogens with one attached hydrogen (secondary N) is 1. The second kappa shape index (κ2) is 5.84. The van der Waals surface area contributed by atoms with Gasteiger partial charge in [0.25, 0.3) is 0 Å². The Morgan fingerprint density at radius 1 is 1.75 bits per heavy atom. The Balaban J connectivity index is 2.80. The van der Waals surface area contributed by atoms with Gasteiger partial charge >= 0.3 is 5.97 Å². The van der Waals surface area contributed by atoms with Gasteiger partial charge in [0.1, 0.15) is 5.54 Å². The molecule has 0 amide bonds. The molecule has 5 heteroatoms. The van der Waals surface area contributed by atoms with Crippen molar-refractivity contribution in [3.63, 3.8) is 0 Å². The first-order chi connectivity index (χ1) is 7.56.